The van der Waals surface area contributed by atoms with Crippen molar-refractivity contribution < 1.29 is 34.0 Å². The van der Waals surface area contributed by atoms with E-state index in [2.05, 4.69) is 0 Å². The molecule has 7 nitrogen and oxygen atoms in total. The number of esters is 1. The Morgan fingerprint density at radius 2 is 2.12 bits per heavy atom. The molecule has 0 saturated heterocycles. The van der Waals surface area contributed by atoms with Crippen molar-refractivity contribution in [3.05, 3.63) is 11.5 Å². The van der Waals surface area contributed by atoms with Gasteiger partial charge < -0.3 is 24.4 Å². The van der Waals surface area contributed by atoms with Gasteiger partial charge in [-0.1, -0.05) is 0 Å². The SMILES string of the molecule is CC(=O)C1OC2=C(O1)C(C(O)CO)OC2=O. The third-order valence-corrected chi connectivity index (χ3v) is 2.23. The van der Waals surface area contributed by atoms with Crippen LogP contribution in [-0.2, 0) is 23.8 Å². The van der Waals surface area contributed by atoms with E-state index in [-0.39, 0.29) is 11.5 Å². The zero-order valence-electron chi connectivity index (χ0n) is 8.37. The van der Waals surface area contributed by atoms with E-state index in [0.29, 0.717) is 0 Å². The molecule has 0 aliphatic carbocycles. The number of ketones is 1. The monoisotopic (exact) mass is 230 g/mol. The number of rotatable bonds is 3. The summed E-state index contributed by atoms with van der Waals surface area (Å²) in [6.07, 6.45) is -3.59. The molecule has 0 fully saturated rings. The first-order chi connectivity index (χ1) is 7.54. The Kier molecular flexibility index (Phi) is 2.56. The third kappa shape index (κ3) is 1.54. The molecular formula is C9H10O7. The van der Waals surface area contributed by atoms with E-state index < -0.39 is 36.9 Å². The Hall–Kier alpha value is -1.60. The number of aliphatic hydroxyl groups excluding tert-OH is 2. The van der Waals surface area contributed by atoms with Gasteiger partial charge in [0, 0.05) is 6.92 Å². The van der Waals surface area contributed by atoms with Gasteiger partial charge in [-0.3, -0.25) is 4.79 Å². The first-order valence-electron chi connectivity index (χ1n) is 4.62. The molecule has 3 atom stereocenters. The number of Topliss-reactive ketones (excluding diaryl/α,β-unsaturated/α-hetero) is 1. The number of hydrogen-bond acceptors (Lipinski definition) is 7. The van der Waals surface area contributed by atoms with E-state index in [1.165, 1.54) is 6.92 Å². The minimum Gasteiger partial charge on any atom is -0.445 e. The molecule has 88 valence electrons. The first kappa shape index (κ1) is 10.9. The zero-order valence-corrected chi connectivity index (χ0v) is 8.37. The Bertz CT molecular complexity index is 372. The van der Waals surface area contributed by atoms with Gasteiger partial charge in [0.15, 0.2) is 11.9 Å². The lowest BCUT2D eigenvalue weighted by molar-refractivity contribution is -0.164. The van der Waals surface area contributed by atoms with Crippen molar-refractivity contribution >= 4 is 11.8 Å². The van der Waals surface area contributed by atoms with Crippen molar-refractivity contribution in [3.8, 4) is 0 Å². The van der Waals surface area contributed by atoms with Crippen LogP contribution in [0.15, 0.2) is 11.5 Å². The maximum atomic E-state index is 11.3. The molecular weight excluding hydrogens is 220 g/mol. The number of aliphatic hydroxyl groups is 2. The van der Waals surface area contributed by atoms with Gasteiger partial charge in [0.25, 0.3) is 5.76 Å². The molecule has 3 unspecified atom stereocenters. The van der Waals surface area contributed by atoms with Gasteiger partial charge in [-0.25, -0.2) is 4.79 Å². The van der Waals surface area contributed by atoms with Gasteiger partial charge in [0.2, 0.25) is 5.78 Å². The van der Waals surface area contributed by atoms with Crippen molar-refractivity contribution in [2.24, 2.45) is 0 Å². The van der Waals surface area contributed by atoms with E-state index >= 15 is 0 Å². The van der Waals surface area contributed by atoms with Crippen LogP contribution < -0.4 is 0 Å². The van der Waals surface area contributed by atoms with E-state index in [4.69, 9.17) is 19.3 Å². The summed E-state index contributed by atoms with van der Waals surface area (Å²) in [5.74, 6) is -1.46. The van der Waals surface area contributed by atoms with Crippen molar-refractivity contribution in [1.82, 2.24) is 0 Å². The number of carbonyl (C=O) groups excluding carboxylic acids is 2. The van der Waals surface area contributed by atoms with Crippen LogP contribution in [0.3, 0.4) is 0 Å². The van der Waals surface area contributed by atoms with Crippen molar-refractivity contribution in [2.75, 3.05) is 6.61 Å². The fourth-order valence-electron chi connectivity index (χ4n) is 1.44. The predicted molar refractivity (Wildman–Crippen MR) is 46.6 cm³/mol. The Morgan fingerprint density at radius 1 is 1.44 bits per heavy atom. The molecule has 16 heavy (non-hydrogen) atoms. The molecule has 2 aliphatic rings. The number of ether oxygens (including phenoxy) is 3. The van der Waals surface area contributed by atoms with E-state index in [1.54, 1.807) is 0 Å². The fourth-order valence-corrected chi connectivity index (χ4v) is 1.44. The van der Waals surface area contributed by atoms with Crippen molar-refractivity contribution in [3.63, 3.8) is 0 Å². The lowest BCUT2D eigenvalue weighted by atomic mass is 10.2. The average Bonchev–Trinajstić information content (AvgIpc) is 2.78. The molecule has 0 aromatic rings. The van der Waals surface area contributed by atoms with Crippen LogP contribution >= 0.6 is 0 Å². The highest BCUT2D eigenvalue weighted by Crippen LogP contribution is 2.34. The molecule has 2 heterocycles. The highest BCUT2D eigenvalue weighted by molar-refractivity contribution is 5.91. The summed E-state index contributed by atoms with van der Waals surface area (Å²) >= 11 is 0. The molecule has 0 radical (unpaired) electrons. The molecule has 0 aromatic heterocycles. The minimum absolute atomic E-state index is 0.0354. The summed E-state index contributed by atoms with van der Waals surface area (Å²) < 4.78 is 14.7. The molecule has 7 heteroatoms. The normalized spacial score (nSPS) is 29.3. The maximum Gasteiger partial charge on any atom is 0.378 e. The molecule has 0 spiro atoms. The predicted octanol–water partition coefficient (Wildman–Crippen LogP) is -1.56. The summed E-state index contributed by atoms with van der Waals surface area (Å²) in [6.45, 7) is 0.651. The minimum atomic E-state index is -1.30. The van der Waals surface area contributed by atoms with Crippen LogP contribution in [0.4, 0.5) is 0 Å². The van der Waals surface area contributed by atoms with Gasteiger partial charge in [0.05, 0.1) is 6.61 Å². The van der Waals surface area contributed by atoms with E-state index in [9.17, 15) is 14.7 Å². The smallest absolute Gasteiger partial charge is 0.378 e. The lowest BCUT2D eigenvalue weighted by Crippen LogP contribution is -2.34. The fraction of sp³-hybridized carbons (Fsp3) is 0.556. The second kappa shape index (κ2) is 3.76. The maximum absolute atomic E-state index is 11.3. The van der Waals surface area contributed by atoms with Gasteiger partial charge >= 0.3 is 12.3 Å². The zero-order chi connectivity index (χ0) is 11.9. The second-order valence-electron chi connectivity index (χ2n) is 3.45. The van der Waals surface area contributed by atoms with Crippen LogP contribution in [0.25, 0.3) is 0 Å². The highest BCUT2D eigenvalue weighted by Gasteiger charge is 2.48. The van der Waals surface area contributed by atoms with Crippen LogP contribution in [-0.4, -0.2) is 47.1 Å². The summed E-state index contributed by atoms with van der Waals surface area (Å²) in [5.41, 5.74) is 0. The average molecular weight is 230 g/mol. The van der Waals surface area contributed by atoms with Gasteiger partial charge in [0.1, 0.15) is 6.10 Å². The number of cyclic esters (lactones) is 1. The molecule has 2 N–H and O–H groups in total. The summed E-state index contributed by atoms with van der Waals surface area (Å²) in [4.78, 5) is 22.3. The van der Waals surface area contributed by atoms with E-state index in [0.717, 1.165) is 0 Å². The largest absolute Gasteiger partial charge is 0.445 e. The molecule has 0 saturated carbocycles. The van der Waals surface area contributed by atoms with Gasteiger partial charge in [-0.15, -0.1) is 0 Å². The van der Waals surface area contributed by atoms with Gasteiger partial charge in [-0.2, -0.15) is 0 Å². The first-order valence-corrected chi connectivity index (χ1v) is 4.62. The Labute approximate surface area is 90.2 Å². The number of hydrogen-bond donors (Lipinski definition) is 2. The Morgan fingerprint density at radius 3 is 2.69 bits per heavy atom. The quantitative estimate of drug-likeness (QED) is 0.565. The van der Waals surface area contributed by atoms with Crippen molar-refractivity contribution in [1.29, 1.82) is 0 Å². The van der Waals surface area contributed by atoms with Crippen LogP contribution in [0.5, 0.6) is 0 Å². The van der Waals surface area contributed by atoms with Crippen LogP contribution in [0.1, 0.15) is 6.92 Å². The topological polar surface area (TPSA) is 102 Å². The summed E-state index contributed by atoms with van der Waals surface area (Å²) in [5, 5.41) is 18.1. The molecule has 2 aliphatic heterocycles. The Balaban J connectivity index is 2.19. The molecule has 2 rings (SSSR count). The van der Waals surface area contributed by atoms with Gasteiger partial charge in [-0.05, 0) is 0 Å². The third-order valence-electron chi connectivity index (χ3n) is 2.23. The summed E-state index contributed by atoms with van der Waals surface area (Å²) in [7, 11) is 0. The standard InChI is InChI=1S/C9H10O7/c1-3(11)9-15-6-5(4(12)2-10)14-8(13)7(6)16-9/h4-5,9-10,12H,2H2,1H3. The molecule has 0 bridgehead atoms. The van der Waals surface area contributed by atoms with Crippen LogP contribution in [0, 0.1) is 0 Å². The van der Waals surface area contributed by atoms with Crippen LogP contribution in [0.2, 0.25) is 0 Å². The highest BCUT2D eigenvalue weighted by atomic mass is 16.7. The lowest BCUT2D eigenvalue weighted by Gasteiger charge is -2.19. The summed E-state index contributed by atoms with van der Waals surface area (Å²) in [6, 6.07) is 0. The molecule has 0 aromatic carbocycles. The van der Waals surface area contributed by atoms with E-state index in [1.807, 2.05) is 0 Å². The number of carbonyl (C=O) groups is 2. The van der Waals surface area contributed by atoms with Crippen molar-refractivity contribution in [2.45, 2.75) is 25.4 Å². The molecule has 0 amide bonds. The second-order valence-corrected chi connectivity index (χ2v) is 3.45.